The maximum absolute atomic E-state index is 13.4. The van der Waals surface area contributed by atoms with Crippen LogP contribution in [0.25, 0.3) is 0 Å². The number of carbonyl (C=O) groups excluding carboxylic acids is 1. The van der Waals surface area contributed by atoms with Gasteiger partial charge >= 0.3 is 0 Å². The zero-order valence-electron chi connectivity index (χ0n) is 11.6. The van der Waals surface area contributed by atoms with E-state index in [1.807, 2.05) is 6.07 Å². The number of phenols is 1. The first kappa shape index (κ1) is 15.4. The lowest BCUT2D eigenvalue weighted by atomic mass is 10.1. The lowest BCUT2D eigenvalue weighted by molar-refractivity contribution is -0.118. The van der Waals surface area contributed by atoms with Gasteiger partial charge in [-0.2, -0.15) is 0 Å². The van der Waals surface area contributed by atoms with E-state index in [4.69, 9.17) is 0 Å². The molecule has 0 fully saturated rings. The van der Waals surface area contributed by atoms with Crippen molar-refractivity contribution in [3.8, 4) is 5.75 Å². The van der Waals surface area contributed by atoms with E-state index in [1.165, 1.54) is 17.8 Å². The Morgan fingerprint density at radius 2 is 2.10 bits per heavy atom. The molecule has 2 aromatic carbocycles. The zero-order valence-corrected chi connectivity index (χ0v) is 12.4. The summed E-state index contributed by atoms with van der Waals surface area (Å²) >= 11 is 1.34. The second kappa shape index (κ2) is 7.13. The molecular formula is C16H16FNO2S. The summed E-state index contributed by atoms with van der Waals surface area (Å²) in [6.07, 6.45) is 0. The van der Waals surface area contributed by atoms with E-state index in [0.29, 0.717) is 12.1 Å². The maximum atomic E-state index is 13.4. The molecule has 0 saturated carbocycles. The molecule has 5 heteroatoms. The summed E-state index contributed by atoms with van der Waals surface area (Å²) < 4.78 is 13.4. The minimum atomic E-state index is -0.268. The molecule has 0 atom stereocenters. The Balaban J connectivity index is 1.80. The van der Waals surface area contributed by atoms with Gasteiger partial charge in [-0.3, -0.25) is 4.79 Å². The molecule has 0 aliphatic rings. The van der Waals surface area contributed by atoms with E-state index in [9.17, 15) is 14.3 Å². The number of amides is 1. The predicted molar refractivity (Wildman–Crippen MR) is 81.8 cm³/mol. The number of thioether (sulfide) groups is 1. The summed E-state index contributed by atoms with van der Waals surface area (Å²) in [4.78, 5) is 12.6. The second-order valence-corrected chi connectivity index (χ2v) is 5.70. The van der Waals surface area contributed by atoms with E-state index in [0.717, 1.165) is 10.5 Å². The molecule has 1 amide bonds. The average molecular weight is 305 g/mol. The third-order valence-electron chi connectivity index (χ3n) is 2.91. The Bertz CT molecular complexity index is 646. The number of nitrogens with one attached hydrogen (secondary N) is 1. The quantitative estimate of drug-likeness (QED) is 0.834. The number of phenolic OH excluding ortho intramolecular Hbond substituents is 1. The van der Waals surface area contributed by atoms with Crippen molar-refractivity contribution >= 4 is 17.7 Å². The fourth-order valence-corrected chi connectivity index (χ4v) is 2.50. The van der Waals surface area contributed by atoms with Crippen LogP contribution in [-0.4, -0.2) is 16.8 Å². The predicted octanol–water partition coefficient (Wildman–Crippen LogP) is 3.25. The lowest BCUT2D eigenvalue weighted by Crippen LogP contribution is -2.24. The van der Waals surface area contributed by atoms with Crippen LogP contribution in [0.1, 0.15) is 11.1 Å². The van der Waals surface area contributed by atoms with Crippen molar-refractivity contribution in [2.45, 2.75) is 18.4 Å². The van der Waals surface area contributed by atoms with Crippen LogP contribution in [0, 0.1) is 12.7 Å². The minimum absolute atomic E-state index is 0.135. The fourth-order valence-electron chi connectivity index (χ4n) is 1.72. The number of carbonyl (C=O) groups is 1. The highest BCUT2D eigenvalue weighted by Crippen LogP contribution is 2.21. The Morgan fingerprint density at radius 1 is 1.29 bits per heavy atom. The molecule has 0 heterocycles. The Morgan fingerprint density at radius 3 is 2.81 bits per heavy atom. The number of rotatable bonds is 5. The van der Waals surface area contributed by atoms with Gasteiger partial charge in [0, 0.05) is 11.4 Å². The van der Waals surface area contributed by atoms with Crippen LogP contribution in [0.2, 0.25) is 0 Å². The third-order valence-corrected chi connectivity index (χ3v) is 3.91. The van der Waals surface area contributed by atoms with Crippen LogP contribution in [0.3, 0.4) is 0 Å². The molecule has 0 radical (unpaired) electrons. The van der Waals surface area contributed by atoms with Gasteiger partial charge in [0.2, 0.25) is 5.91 Å². The first-order chi connectivity index (χ1) is 10.0. The summed E-state index contributed by atoms with van der Waals surface area (Å²) in [5.41, 5.74) is 1.32. The molecule has 0 aliphatic heterocycles. The molecule has 2 N–H and O–H groups in total. The van der Waals surface area contributed by atoms with Crippen LogP contribution in [0.4, 0.5) is 4.39 Å². The largest absolute Gasteiger partial charge is 0.508 e. The van der Waals surface area contributed by atoms with Gasteiger partial charge in [0.15, 0.2) is 0 Å². The summed E-state index contributed by atoms with van der Waals surface area (Å²) in [5.74, 6) is 0.0217. The van der Waals surface area contributed by atoms with Gasteiger partial charge in [-0.1, -0.05) is 18.2 Å². The lowest BCUT2D eigenvalue weighted by Gasteiger charge is -2.06. The molecule has 2 rings (SSSR count). The van der Waals surface area contributed by atoms with Crippen LogP contribution in [0.15, 0.2) is 47.4 Å². The normalized spacial score (nSPS) is 10.4. The molecule has 0 unspecified atom stereocenters. The van der Waals surface area contributed by atoms with Crippen molar-refractivity contribution in [1.29, 1.82) is 0 Å². The molecule has 0 saturated heterocycles. The molecule has 3 nitrogen and oxygen atoms in total. The van der Waals surface area contributed by atoms with E-state index in [2.05, 4.69) is 5.32 Å². The molecule has 0 aromatic heterocycles. The number of aromatic hydroxyl groups is 1. The zero-order chi connectivity index (χ0) is 15.2. The standard InChI is InChI=1S/C16H16FNO2S/c1-11-5-6-12(7-15(11)17)9-18-16(20)10-21-14-4-2-3-13(19)8-14/h2-8,19H,9-10H2,1H3,(H,18,20). The first-order valence-electron chi connectivity index (χ1n) is 6.48. The van der Waals surface area contributed by atoms with E-state index in [1.54, 1.807) is 37.3 Å². The summed E-state index contributed by atoms with van der Waals surface area (Å²) in [6, 6.07) is 11.7. The molecule has 0 aliphatic carbocycles. The van der Waals surface area contributed by atoms with Gasteiger partial charge in [-0.15, -0.1) is 11.8 Å². The third kappa shape index (κ3) is 4.79. The minimum Gasteiger partial charge on any atom is -0.508 e. The first-order valence-corrected chi connectivity index (χ1v) is 7.47. The number of benzene rings is 2. The Kier molecular flexibility index (Phi) is 5.22. The molecule has 0 spiro atoms. The Labute approximate surface area is 127 Å². The number of hydrogen-bond acceptors (Lipinski definition) is 3. The molecule has 0 bridgehead atoms. The summed E-state index contributed by atoms with van der Waals surface area (Å²) in [7, 11) is 0. The summed E-state index contributed by atoms with van der Waals surface area (Å²) in [5, 5.41) is 12.1. The Hall–Kier alpha value is -2.01. The second-order valence-electron chi connectivity index (χ2n) is 4.65. The van der Waals surface area contributed by atoms with Gasteiger partial charge in [0.1, 0.15) is 11.6 Å². The fraction of sp³-hybridized carbons (Fsp3) is 0.188. The van der Waals surface area contributed by atoms with Crippen molar-refractivity contribution in [1.82, 2.24) is 5.32 Å². The van der Waals surface area contributed by atoms with Crippen LogP contribution in [0.5, 0.6) is 5.75 Å². The number of hydrogen-bond donors (Lipinski definition) is 2. The van der Waals surface area contributed by atoms with E-state index >= 15 is 0 Å². The molecule has 2 aromatic rings. The van der Waals surface area contributed by atoms with Gasteiger partial charge in [-0.25, -0.2) is 4.39 Å². The maximum Gasteiger partial charge on any atom is 0.230 e. The highest BCUT2D eigenvalue weighted by molar-refractivity contribution is 8.00. The van der Waals surface area contributed by atoms with Crippen LogP contribution in [-0.2, 0) is 11.3 Å². The van der Waals surface area contributed by atoms with Crippen LogP contribution < -0.4 is 5.32 Å². The number of halogens is 1. The van der Waals surface area contributed by atoms with Gasteiger partial charge in [0.05, 0.1) is 5.75 Å². The van der Waals surface area contributed by atoms with Crippen molar-refractivity contribution in [2.24, 2.45) is 0 Å². The monoisotopic (exact) mass is 305 g/mol. The van der Waals surface area contributed by atoms with Gasteiger partial charge < -0.3 is 10.4 Å². The summed E-state index contributed by atoms with van der Waals surface area (Å²) in [6.45, 7) is 2.00. The molecular weight excluding hydrogens is 289 g/mol. The SMILES string of the molecule is Cc1ccc(CNC(=O)CSc2cccc(O)c2)cc1F. The van der Waals surface area contributed by atoms with Crippen LogP contribution >= 0.6 is 11.8 Å². The van der Waals surface area contributed by atoms with Gasteiger partial charge in [-0.05, 0) is 42.3 Å². The van der Waals surface area contributed by atoms with Crippen molar-refractivity contribution in [3.63, 3.8) is 0 Å². The molecule has 110 valence electrons. The molecule has 21 heavy (non-hydrogen) atoms. The number of aryl methyl sites for hydroxylation is 1. The van der Waals surface area contributed by atoms with Crippen molar-refractivity contribution in [3.05, 3.63) is 59.4 Å². The average Bonchev–Trinajstić information content (AvgIpc) is 2.46. The highest BCUT2D eigenvalue weighted by Gasteiger charge is 2.05. The topological polar surface area (TPSA) is 49.3 Å². The smallest absolute Gasteiger partial charge is 0.230 e. The van der Waals surface area contributed by atoms with E-state index in [-0.39, 0.29) is 23.2 Å². The van der Waals surface area contributed by atoms with E-state index < -0.39 is 0 Å². The van der Waals surface area contributed by atoms with Crippen molar-refractivity contribution in [2.75, 3.05) is 5.75 Å². The highest BCUT2D eigenvalue weighted by atomic mass is 32.2. The van der Waals surface area contributed by atoms with Crippen molar-refractivity contribution < 1.29 is 14.3 Å². The van der Waals surface area contributed by atoms with Gasteiger partial charge in [0.25, 0.3) is 0 Å².